The van der Waals surface area contributed by atoms with E-state index >= 15 is 0 Å². The third-order valence-corrected chi connectivity index (χ3v) is 3.22. The van der Waals surface area contributed by atoms with Crippen molar-refractivity contribution < 1.29 is 4.79 Å². The lowest BCUT2D eigenvalue weighted by Gasteiger charge is -2.06. The number of imidazole rings is 1. The Bertz CT molecular complexity index is 559. The number of hydrogen-bond donors (Lipinski definition) is 2. The summed E-state index contributed by atoms with van der Waals surface area (Å²) in [7, 11) is 0. The van der Waals surface area contributed by atoms with E-state index in [1.807, 2.05) is 0 Å². The fraction of sp³-hybridized carbons (Fsp3) is 0.250. The minimum Gasteiger partial charge on any atom is -0.352 e. The Labute approximate surface area is 123 Å². The Kier molecular flexibility index (Phi) is 4.93. The fourth-order valence-electron chi connectivity index (χ4n) is 1.57. The quantitative estimate of drug-likeness (QED) is 0.647. The third-order valence-electron chi connectivity index (χ3n) is 2.48. The minimum atomic E-state index is -0.224. The predicted molar refractivity (Wildman–Crippen MR) is 76.2 cm³/mol. The van der Waals surface area contributed by atoms with E-state index in [1.54, 1.807) is 24.7 Å². The van der Waals surface area contributed by atoms with Gasteiger partial charge >= 0.3 is 0 Å². The molecule has 2 aromatic rings. The van der Waals surface area contributed by atoms with Crippen molar-refractivity contribution in [2.45, 2.75) is 12.8 Å². The average Bonchev–Trinajstić information content (AvgIpc) is 2.90. The van der Waals surface area contributed by atoms with E-state index in [4.69, 9.17) is 11.6 Å². The van der Waals surface area contributed by atoms with Crippen LogP contribution in [0.4, 0.5) is 0 Å². The lowest BCUT2D eigenvalue weighted by molar-refractivity contribution is 0.0953. The summed E-state index contributed by atoms with van der Waals surface area (Å²) in [6.07, 6.45) is 6.63. The van der Waals surface area contributed by atoms with Gasteiger partial charge in [-0.1, -0.05) is 11.6 Å². The molecular weight excluding hydrogens is 332 g/mol. The first-order valence-corrected chi connectivity index (χ1v) is 6.91. The predicted octanol–water partition coefficient (Wildman–Crippen LogP) is 2.58. The number of aryl methyl sites for hydroxylation is 1. The van der Waals surface area contributed by atoms with Crippen LogP contribution in [-0.4, -0.2) is 27.4 Å². The zero-order chi connectivity index (χ0) is 13.7. The maximum Gasteiger partial charge on any atom is 0.254 e. The largest absolute Gasteiger partial charge is 0.352 e. The molecule has 0 aliphatic heterocycles. The van der Waals surface area contributed by atoms with E-state index < -0.39 is 0 Å². The van der Waals surface area contributed by atoms with Crippen LogP contribution >= 0.6 is 27.5 Å². The van der Waals surface area contributed by atoms with Crippen LogP contribution in [0, 0.1) is 0 Å². The van der Waals surface area contributed by atoms with Gasteiger partial charge in [0.25, 0.3) is 5.91 Å². The third kappa shape index (κ3) is 4.04. The van der Waals surface area contributed by atoms with Crippen molar-refractivity contribution in [2.75, 3.05) is 6.54 Å². The van der Waals surface area contributed by atoms with Gasteiger partial charge in [-0.3, -0.25) is 4.79 Å². The van der Waals surface area contributed by atoms with Crippen LogP contribution in [0.3, 0.4) is 0 Å². The number of amides is 1. The Hall–Kier alpha value is -1.40. The molecule has 2 N–H and O–H groups in total. The number of H-pyrrole nitrogens is 1. The number of hydrogen-bond acceptors (Lipinski definition) is 3. The van der Waals surface area contributed by atoms with Crippen molar-refractivity contribution in [1.82, 2.24) is 20.3 Å². The van der Waals surface area contributed by atoms with Crippen molar-refractivity contribution in [3.63, 3.8) is 0 Å². The number of pyridine rings is 1. The summed E-state index contributed by atoms with van der Waals surface area (Å²) >= 11 is 9.14. The second-order valence-electron chi connectivity index (χ2n) is 3.89. The maximum atomic E-state index is 11.9. The number of aromatic amines is 1. The smallest absolute Gasteiger partial charge is 0.254 e. The van der Waals surface area contributed by atoms with Gasteiger partial charge in [0, 0.05) is 36.0 Å². The average molecular weight is 344 g/mol. The van der Waals surface area contributed by atoms with E-state index in [0.717, 1.165) is 23.1 Å². The highest BCUT2D eigenvalue weighted by atomic mass is 79.9. The molecule has 0 fully saturated rings. The molecule has 0 aliphatic carbocycles. The topological polar surface area (TPSA) is 70.7 Å². The van der Waals surface area contributed by atoms with Gasteiger partial charge in [0.15, 0.2) is 0 Å². The first-order chi connectivity index (χ1) is 9.16. The molecule has 0 aromatic carbocycles. The number of nitrogens with one attached hydrogen (secondary N) is 2. The summed E-state index contributed by atoms with van der Waals surface area (Å²) in [4.78, 5) is 22.9. The number of nitrogens with zero attached hydrogens (tertiary/aromatic N) is 2. The minimum absolute atomic E-state index is 0.201. The molecule has 7 heteroatoms. The highest BCUT2D eigenvalue weighted by Crippen LogP contribution is 2.17. The first kappa shape index (κ1) is 14.0. The van der Waals surface area contributed by atoms with Gasteiger partial charge in [0.05, 0.1) is 5.56 Å². The summed E-state index contributed by atoms with van der Waals surface area (Å²) < 4.78 is 0.720. The van der Waals surface area contributed by atoms with Gasteiger partial charge in [-0.15, -0.1) is 0 Å². The number of carbonyl (C=O) groups excluding carboxylic acids is 1. The summed E-state index contributed by atoms with van der Waals surface area (Å²) in [6, 6.07) is 1.65. The van der Waals surface area contributed by atoms with Crippen molar-refractivity contribution in [1.29, 1.82) is 0 Å². The number of halogens is 2. The molecule has 2 heterocycles. The molecule has 0 saturated carbocycles. The molecule has 5 nitrogen and oxygen atoms in total. The second-order valence-corrected chi connectivity index (χ2v) is 5.16. The molecule has 0 bridgehead atoms. The Balaban J connectivity index is 1.82. The molecule has 2 aromatic heterocycles. The summed E-state index contributed by atoms with van der Waals surface area (Å²) in [5, 5.41) is 3.00. The van der Waals surface area contributed by atoms with Crippen LogP contribution in [-0.2, 0) is 6.42 Å². The SMILES string of the molecule is O=C(NCCCc1ncc[nH]1)c1cc(Br)cnc1Cl. The van der Waals surface area contributed by atoms with Gasteiger partial charge in [-0.05, 0) is 28.4 Å². The Morgan fingerprint density at radius 3 is 3.05 bits per heavy atom. The highest BCUT2D eigenvalue weighted by molar-refractivity contribution is 9.10. The molecule has 0 atom stereocenters. The van der Waals surface area contributed by atoms with Crippen molar-refractivity contribution in [2.24, 2.45) is 0 Å². The molecule has 1 amide bonds. The van der Waals surface area contributed by atoms with E-state index in [9.17, 15) is 4.79 Å². The molecule has 0 aliphatic rings. The standard InChI is InChI=1S/C12H12BrClN4O/c13-8-6-9(11(14)18-7-8)12(19)17-3-1-2-10-15-4-5-16-10/h4-7H,1-3H2,(H,15,16)(H,17,19). The lowest BCUT2D eigenvalue weighted by Crippen LogP contribution is -2.25. The Morgan fingerprint density at radius 2 is 2.32 bits per heavy atom. The van der Waals surface area contributed by atoms with Crippen LogP contribution in [0.15, 0.2) is 29.1 Å². The van der Waals surface area contributed by atoms with E-state index in [-0.39, 0.29) is 11.1 Å². The van der Waals surface area contributed by atoms with Gasteiger partial charge in [0.1, 0.15) is 11.0 Å². The van der Waals surface area contributed by atoms with Crippen LogP contribution < -0.4 is 5.32 Å². The summed E-state index contributed by atoms with van der Waals surface area (Å²) in [5.41, 5.74) is 0.369. The van der Waals surface area contributed by atoms with Gasteiger partial charge in [-0.2, -0.15) is 0 Å². The molecule has 2 rings (SSSR count). The highest BCUT2D eigenvalue weighted by Gasteiger charge is 2.11. The number of aromatic nitrogens is 3. The first-order valence-electron chi connectivity index (χ1n) is 5.74. The van der Waals surface area contributed by atoms with Crippen LogP contribution in [0.1, 0.15) is 22.6 Å². The van der Waals surface area contributed by atoms with Crippen LogP contribution in [0.25, 0.3) is 0 Å². The fourth-order valence-corrected chi connectivity index (χ4v) is 2.09. The van der Waals surface area contributed by atoms with Crippen LogP contribution in [0.2, 0.25) is 5.15 Å². The molecule has 0 spiro atoms. The second kappa shape index (κ2) is 6.68. The maximum absolute atomic E-state index is 11.9. The lowest BCUT2D eigenvalue weighted by atomic mass is 10.2. The zero-order valence-corrected chi connectivity index (χ0v) is 12.3. The Morgan fingerprint density at radius 1 is 1.47 bits per heavy atom. The summed E-state index contributed by atoms with van der Waals surface area (Å²) in [6.45, 7) is 0.558. The number of carbonyl (C=O) groups is 1. The molecule has 100 valence electrons. The van der Waals surface area contributed by atoms with E-state index in [0.29, 0.717) is 12.1 Å². The molecule has 0 unspecified atom stereocenters. The van der Waals surface area contributed by atoms with Crippen LogP contribution in [0.5, 0.6) is 0 Å². The van der Waals surface area contributed by atoms with Gasteiger partial charge in [0.2, 0.25) is 0 Å². The van der Waals surface area contributed by atoms with Gasteiger partial charge in [-0.25, -0.2) is 9.97 Å². The number of rotatable bonds is 5. The van der Waals surface area contributed by atoms with E-state index in [1.165, 1.54) is 0 Å². The normalized spacial score (nSPS) is 10.4. The van der Waals surface area contributed by atoms with Crippen molar-refractivity contribution >= 4 is 33.4 Å². The summed E-state index contributed by atoms with van der Waals surface area (Å²) in [5.74, 6) is 0.689. The van der Waals surface area contributed by atoms with E-state index in [2.05, 4.69) is 36.2 Å². The molecule has 0 saturated heterocycles. The zero-order valence-electron chi connectivity index (χ0n) is 9.99. The van der Waals surface area contributed by atoms with Crippen molar-refractivity contribution in [3.8, 4) is 0 Å². The van der Waals surface area contributed by atoms with Crippen molar-refractivity contribution in [3.05, 3.63) is 45.7 Å². The molecule has 19 heavy (non-hydrogen) atoms. The monoisotopic (exact) mass is 342 g/mol. The van der Waals surface area contributed by atoms with Gasteiger partial charge < -0.3 is 10.3 Å². The molecular formula is C12H12BrClN4O. The molecule has 0 radical (unpaired) electrons.